The summed E-state index contributed by atoms with van der Waals surface area (Å²) in [5.41, 5.74) is 1.81. The molecule has 1 fully saturated rings. The number of aliphatic hydroxyl groups is 1. The Morgan fingerprint density at radius 3 is 2.57 bits per heavy atom. The normalized spacial score (nSPS) is 20.4. The van der Waals surface area contributed by atoms with E-state index >= 15 is 0 Å². The van der Waals surface area contributed by atoms with Gasteiger partial charge in [0.15, 0.2) is 0 Å². The van der Waals surface area contributed by atoms with E-state index in [0.717, 1.165) is 19.6 Å². The summed E-state index contributed by atoms with van der Waals surface area (Å²) in [5.74, 6) is -0.233. The second-order valence-corrected chi connectivity index (χ2v) is 6.82. The van der Waals surface area contributed by atoms with Crippen molar-refractivity contribution in [3.05, 3.63) is 35.1 Å². The van der Waals surface area contributed by atoms with Crippen LogP contribution in [-0.4, -0.2) is 29.6 Å². The van der Waals surface area contributed by atoms with E-state index in [-0.39, 0.29) is 5.82 Å². The van der Waals surface area contributed by atoms with E-state index in [9.17, 15) is 9.50 Å². The minimum Gasteiger partial charge on any atom is -0.388 e. The molecule has 1 heterocycles. The highest BCUT2D eigenvalue weighted by molar-refractivity contribution is 5.24. The van der Waals surface area contributed by atoms with Gasteiger partial charge >= 0.3 is 0 Å². The lowest BCUT2D eigenvalue weighted by molar-refractivity contribution is 0.0909. The Hall–Kier alpha value is -0.930. The van der Waals surface area contributed by atoms with E-state index in [1.54, 1.807) is 13.0 Å². The molecule has 1 N–H and O–H groups in total. The van der Waals surface area contributed by atoms with Crippen LogP contribution in [0.3, 0.4) is 0 Å². The van der Waals surface area contributed by atoms with Crippen molar-refractivity contribution in [3.63, 3.8) is 0 Å². The summed E-state index contributed by atoms with van der Waals surface area (Å²) in [7, 11) is 0. The molecule has 1 atom stereocenters. The molecule has 1 aromatic rings. The Morgan fingerprint density at radius 1 is 1.33 bits per heavy atom. The molecule has 3 heteroatoms. The SMILES string of the molecule is CCC1(C)CCN(CCC(O)c2ccc(C)c(F)c2)CC1. The molecule has 118 valence electrons. The summed E-state index contributed by atoms with van der Waals surface area (Å²) >= 11 is 0. The summed E-state index contributed by atoms with van der Waals surface area (Å²) in [6.07, 6.45) is 3.81. The number of aliphatic hydroxyl groups excluding tert-OH is 1. The smallest absolute Gasteiger partial charge is 0.126 e. The number of aryl methyl sites for hydroxylation is 1. The number of hydrogen-bond donors (Lipinski definition) is 1. The maximum atomic E-state index is 13.5. The van der Waals surface area contributed by atoms with Crippen molar-refractivity contribution in [2.45, 2.75) is 52.6 Å². The van der Waals surface area contributed by atoms with Crippen molar-refractivity contribution in [2.24, 2.45) is 5.41 Å². The zero-order valence-electron chi connectivity index (χ0n) is 13.5. The van der Waals surface area contributed by atoms with Crippen molar-refractivity contribution in [1.29, 1.82) is 0 Å². The topological polar surface area (TPSA) is 23.5 Å². The predicted octanol–water partition coefficient (Wildman–Crippen LogP) is 4.07. The monoisotopic (exact) mass is 293 g/mol. The number of benzene rings is 1. The van der Waals surface area contributed by atoms with Crippen LogP contribution in [0.4, 0.5) is 4.39 Å². The number of likely N-dealkylation sites (tertiary alicyclic amines) is 1. The van der Waals surface area contributed by atoms with Crippen LogP contribution in [0.15, 0.2) is 18.2 Å². The first kappa shape index (κ1) is 16.4. The van der Waals surface area contributed by atoms with Gasteiger partial charge in [0.05, 0.1) is 6.10 Å². The second-order valence-electron chi connectivity index (χ2n) is 6.82. The molecule has 0 aromatic heterocycles. The maximum Gasteiger partial charge on any atom is 0.126 e. The number of rotatable bonds is 5. The van der Waals surface area contributed by atoms with Gasteiger partial charge < -0.3 is 10.0 Å². The standard InChI is InChI=1S/C18H28FNO/c1-4-18(3)8-11-20(12-9-18)10-7-17(21)15-6-5-14(2)16(19)13-15/h5-6,13,17,21H,4,7-12H2,1-3H3. The third kappa shape index (κ3) is 4.27. The van der Waals surface area contributed by atoms with Gasteiger partial charge in [-0.15, -0.1) is 0 Å². The van der Waals surface area contributed by atoms with E-state index < -0.39 is 6.10 Å². The van der Waals surface area contributed by atoms with Gasteiger partial charge in [0.2, 0.25) is 0 Å². The first-order chi connectivity index (χ1) is 9.93. The number of halogens is 1. The fraction of sp³-hybridized carbons (Fsp3) is 0.667. The molecular formula is C18H28FNO. The third-order valence-corrected chi connectivity index (χ3v) is 5.22. The number of piperidine rings is 1. The van der Waals surface area contributed by atoms with E-state index in [1.807, 2.05) is 6.07 Å². The summed E-state index contributed by atoms with van der Waals surface area (Å²) in [6.45, 7) is 9.48. The molecule has 0 bridgehead atoms. The lowest BCUT2D eigenvalue weighted by Crippen LogP contribution is -2.39. The van der Waals surface area contributed by atoms with Crippen molar-refractivity contribution in [2.75, 3.05) is 19.6 Å². The maximum absolute atomic E-state index is 13.5. The average molecular weight is 293 g/mol. The van der Waals surface area contributed by atoms with E-state index in [0.29, 0.717) is 23.0 Å². The highest BCUT2D eigenvalue weighted by Crippen LogP contribution is 2.34. The van der Waals surface area contributed by atoms with Gasteiger partial charge in [0, 0.05) is 6.54 Å². The Kier molecular flexibility index (Phi) is 5.39. The fourth-order valence-corrected chi connectivity index (χ4v) is 2.96. The van der Waals surface area contributed by atoms with Crippen LogP contribution in [-0.2, 0) is 0 Å². The van der Waals surface area contributed by atoms with Crippen LogP contribution in [0, 0.1) is 18.2 Å². The van der Waals surface area contributed by atoms with E-state index in [4.69, 9.17) is 0 Å². The first-order valence-corrected chi connectivity index (χ1v) is 8.10. The van der Waals surface area contributed by atoms with Gasteiger partial charge in [-0.25, -0.2) is 4.39 Å². The van der Waals surface area contributed by atoms with Gasteiger partial charge in [-0.05, 0) is 61.9 Å². The zero-order chi connectivity index (χ0) is 15.5. The van der Waals surface area contributed by atoms with Crippen molar-refractivity contribution >= 4 is 0 Å². The Labute approximate surface area is 128 Å². The molecule has 1 aliphatic heterocycles. The van der Waals surface area contributed by atoms with E-state index in [1.165, 1.54) is 25.3 Å². The quantitative estimate of drug-likeness (QED) is 0.884. The lowest BCUT2D eigenvalue weighted by Gasteiger charge is -2.39. The Bertz CT molecular complexity index is 466. The van der Waals surface area contributed by atoms with Gasteiger partial charge in [0.1, 0.15) is 5.82 Å². The molecular weight excluding hydrogens is 265 g/mol. The predicted molar refractivity (Wildman–Crippen MR) is 84.8 cm³/mol. The molecule has 1 aliphatic rings. The Morgan fingerprint density at radius 2 is 2.00 bits per heavy atom. The van der Waals surface area contributed by atoms with Crippen LogP contribution >= 0.6 is 0 Å². The highest BCUT2D eigenvalue weighted by atomic mass is 19.1. The van der Waals surface area contributed by atoms with Crippen molar-refractivity contribution in [3.8, 4) is 0 Å². The minimum atomic E-state index is -0.570. The molecule has 1 aromatic carbocycles. The largest absolute Gasteiger partial charge is 0.388 e. The van der Waals surface area contributed by atoms with Crippen LogP contribution in [0.5, 0.6) is 0 Å². The molecule has 2 nitrogen and oxygen atoms in total. The summed E-state index contributed by atoms with van der Waals surface area (Å²) in [4.78, 5) is 2.42. The number of hydrogen-bond acceptors (Lipinski definition) is 2. The molecule has 0 amide bonds. The molecule has 1 saturated heterocycles. The zero-order valence-corrected chi connectivity index (χ0v) is 13.5. The lowest BCUT2D eigenvalue weighted by atomic mass is 9.78. The molecule has 1 unspecified atom stereocenters. The van der Waals surface area contributed by atoms with Crippen LogP contribution < -0.4 is 0 Å². The van der Waals surface area contributed by atoms with Crippen LogP contribution in [0.25, 0.3) is 0 Å². The Balaban J connectivity index is 1.82. The number of nitrogens with zero attached hydrogens (tertiary/aromatic N) is 1. The van der Waals surface area contributed by atoms with Crippen molar-refractivity contribution in [1.82, 2.24) is 4.90 Å². The average Bonchev–Trinajstić information content (AvgIpc) is 2.49. The summed E-state index contributed by atoms with van der Waals surface area (Å²) in [6, 6.07) is 5.03. The van der Waals surface area contributed by atoms with Crippen LogP contribution in [0.1, 0.15) is 56.8 Å². The molecule has 2 rings (SSSR count). The van der Waals surface area contributed by atoms with Crippen LogP contribution in [0.2, 0.25) is 0 Å². The molecule has 0 radical (unpaired) electrons. The third-order valence-electron chi connectivity index (χ3n) is 5.22. The van der Waals surface area contributed by atoms with E-state index in [2.05, 4.69) is 18.7 Å². The molecule has 0 aliphatic carbocycles. The minimum absolute atomic E-state index is 0.233. The second kappa shape index (κ2) is 6.89. The highest BCUT2D eigenvalue weighted by Gasteiger charge is 2.28. The van der Waals surface area contributed by atoms with Gasteiger partial charge in [-0.3, -0.25) is 0 Å². The molecule has 0 spiro atoms. The fourth-order valence-electron chi connectivity index (χ4n) is 2.96. The van der Waals surface area contributed by atoms with Gasteiger partial charge in [-0.2, -0.15) is 0 Å². The van der Waals surface area contributed by atoms with Gasteiger partial charge in [-0.1, -0.05) is 32.4 Å². The van der Waals surface area contributed by atoms with Crippen molar-refractivity contribution < 1.29 is 9.50 Å². The first-order valence-electron chi connectivity index (χ1n) is 8.10. The summed E-state index contributed by atoms with van der Waals surface area (Å²) in [5, 5.41) is 10.2. The van der Waals surface area contributed by atoms with Gasteiger partial charge in [0.25, 0.3) is 0 Å². The molecule has 0 saturated carbocycles. The summed E-state index contributed by atoms with van der Waals surface area (Å²) < 4.78 is 13.5. The molecule has 21 heavy (non-hydrogen) atoms.